The lowest BCUT2D eigenvalue weighted by molar-refractivity contribution is -0.119. The zero-order chi connectivity index (χ0) is 18.4. The van der Waals surface area contributed by atoms with Gasteiger partial charge in [0.1, 0.15) is 5.82 Å². The zero-order valence-corrected chi connectivity index (χ0v) is 15.9. The van der Waals surface area contributed by atoms with Crippen molar-refractivity contribution >= 4 is 5.91 Å². The third-order valence-corrected chi connectivity index (χ3v) is 8.40. The molecular formula is C23H29FN2O. The second-order valence-corrected chi connectivity index (χ2v) is 9.87. The Morgan fingerprint density at radius 1 is 1.33 bits per heavy atom. The quantitative estimate of drug-likeness (QED) is 0.823. The second kappa shape index (κ2) is 5.22. The highest BCUT2D eigenvalue weighted by Gasteiger charge is 2.68. The average molecular weight is 368 g/mol. The molecule has 4 aliphatic carbocycles. The number of halogens is 1. The predicted octanol–water partition coefficient (Wildman–Crippen LogP) is 3.81. The van der Waals surface area contributed by atoms with Gasteiger partial charge < -0.3 is 10.2 Å². The van der Waals surface area contributed by atoms with Crippen LogP contribution in [0.25, 0.3) is 0 Å². The van der Waals surface area contributed by atoms with Crippen molar-refractivity contribution in [2.45, 2.75) is 44.1 Å². The van der Waals surface area contributed by atoms with Crippen molar-refractivity contribution in [2.75, 3.05) is 19.6 Å². The molecule has 6 atom stereocenters. The molecule has 0 aromatic heterocycles. The van der Waals surface area contributed by atoms with Gasteiger partial charge in [0.05, 0.1) is 6.04 Å². The van der Waals surface area contributed by atoms with Crippen molar-refractivity contribution in [3.8, 4) is 0 Å². The van der Waals surface area contributed by atoms with E-state index in [-0.39, 0.29) is 24.6 Å². The van der Waals surface area contributed by atoms with Crippen LogP contribution >= 0.6 is 0 Å². The predicted molar refractivity (Wildman–Crippen MR) is 104 cm³/mol. The van der Waals surface area contributed by atoms with Gasteiger partial charge in [-0.15, -0.1) is 0 Å². The van der Waals surface area contributed by atoms with Gasteiger partial charge in [-0.2, -0.15) is 0 Å². The summed E-state index contributed by atoms with van der Waals surface area (Å²) in [6, 6.07) is 5.15. The first-order chi connectivity index (χ1) is 13.0. The van der Waals surface area contributed by atoms with E-state index in [1.54, 1.807) is 19.1 Å². The van der Waals surface area contributed by atoms with Gasteiger partial charge in [-0.3, -0.25) is 4.79 Å². The lowest BCUT2D eigenvalue weighted by atomic mass is 9.62. The molecule has 2 saturated carbocycles. The van der Waals surface area contributed by atoms with E-state index in [9.17, 15) is 9.18 Å². The van der Waals surface area contributed by atoms with Crippen molar-refractivity contribution < 1.29 is 10.6 Å². The minimum atomic E-state index is -0.206. The van der Waals surface area contributed by atoms with Gasteiger partial charge in [0.2, 0.25) is 5.91 Å². The van der Waals surface area contributed by atoms with Crippen LogP contribution in [-0.4, -0.2) is 30.4 Å². The molecule has 6 rings (SSSR count). The van der Waals surface area contributed by atoms with E-state index in [4.69, 9.17) is 0 Å². The van der Waals surface area contributed by atoms with Crippen LogP contribution < -0.4 is 5.32 Å². The molecule has 1 saturated heterocycles. The normalized spacial score (nSPS) is 43.3. The number of hydrogen-bond donors (Lipinski definition) is 1. The number of carbonyl (C=O) groups is 1. The number of rotatable bonds is 3. The minimum absolute atomic E-state index is 0. The molecule has 27 heavy (non-hydrogen) atoms. The maximum absolute atomic E-state index is 13.9. The first kappa shape index (κ1) is 16.3. The molecule has 0 bridgehead atoms. The lowest BCUT2D eigenvalue weighted by Gasteiger charge is -2.45. The van der Waals surface area contributed by atoms with Crippen molar-refractivity contribution in [2.24, 2.45) is 23.2 Å². The number of nitrogens with one attached hydrogen (secondary N) is 1. The Bertz CT molecular complexity index is 872. The fourth-order valence-corrected chi connectivity index (χ4v) is 7.19. The number of allylic oxidation sites excluding steroid dienone is 2. The van der Waals surface area contributed by atoms with Gasteiger partial charge in [-0.25, -0.2) is 4.39 Å². The molecule has 3 fully saturated rings. The molecule has 5 aliphatic rings. The van der Waals surface area contributed by atoms with Gasteiger partial charge >= 0.3 is 0 Å². The van der Waals surface area contributed by atoms with Crippen LogP contribution in [0.3, 0.4) is 0 Å². The largest absolute Gasteiger partial charge is 0.349 e. The van der Waals surface area contributed by atoms with Crippen molar-refractivity contribution in [3.05, 3.63) is 47.3 Å². The van der Waals surface area contributed by atoms with E-state index >= 15 is 0 Å². The molecule has 1 aliphatic heterocycles. The molecule has 1 N–H and O–H groups in total. The van der Waals surface area contributed by atoms with E-state index in [1.807, 2.05) is 6.07 Å². The molecule has 0 radical (unpaired) electrons. The molecule has 4 heteroatoms. The van der Waals surface area contributed by atoms with Crippen LogP contribution in [0.4, 0.5) is 4.39 Å². The van der Waals surface area contributed by atoms with Gasteiger partial charge in [-0.05, 0) is 78.7 Å². The number of amides is 1. The van der Waals surface area contributed by atoms with E-state index < -0.39 is 0 Å². The summed E-state index contributed by atoms with van der Waals surface area (Å²) in [6.07, 6.45) is 9.83. The second-order valence-electron chi connectivity index (χ2n) is 9.87. The zero-order valence-electron chi connectivity index (χ0n) is 15.9. The van der Waals surface area contributed by atoms with Gasteiger partial charge in [0, 0.05) is 26.9 Å². The number of hydrogen-bond acceptors (Lipinski definition) is 2. The maximum Gasteiger partial charge on any atom is 0.217 e. The molecule has 3 nitrogen and oxygen atoms in total. The van der Waals surface area contributed by atoms with E-state index in [0.717, 1.165) is 49.2 Å². The van der Waals surface area contributed by atoms with Crippen LogP contribution in [0, 0.1) is 29.0 Å². The molecular weight excluding hydrogens is 339 g/mol. The Morgan fingerprint density at radius 2 is 2.22 bits per heavy atom. The molecule has 144 valence electrons. The Labute approximate surface area is 161 Å². The highest BCUT2D eigenvalue weighted by Crippen LogP contribution is 2.75. The van der Waals surface area contributed by atoms with Gasteiger partial charge in [-0.1, -0.05) is 18.2 Å². The molecule has 5 unspecified atom stereocenters. The van der Waals surface area contributed by atoms with Crippen molar-refractivity contribution in [3.63, 3.8) is 0 Å². The minimum Gasteiger partial charge on any atom is -0.349 e. The Hall–Kier alpha value is -1.68. The summed E-state index contributed by atoms with van der Waals surface area (Å²) in [5.74, 6) is 2.32. The summed E-state index contributed by atoms with van der Waals surface area (Å²) in [4.78, 5) is 14.3. The van der Waals surface area contributed by atoms with E-state index in [0.29, 0.717) is 5.41 Å². The van der Waals surface area contributed by atoms with Gasteiger partial charge in [0.15, 0.2) is 0 Å². The first-order valence-electron chi connectivity index (χ1n) is 10.5. The maximum atomic E-state index is 13.9. The fraction of sp³-hybridized carbons (Fsp3) is 0.609. The number of nitrogens with zero attached hydrogens (tertiary/aromatic N) is 1. The third kappa shape index (κ3) is 2.19. The summed E-state index contributed by atoms with van der Waals surface area (Å²) in [6.45, 7) is 4.92. The van der Waals surface area contributed by atoms with Crippen LogP contribution in [0.2, 0.25) is 0 Å². The van der Waals surface area contributed by atoms with E-state index in [2.05, 4.69) is 22.4 Å². The number of likely N-dealkylation sites (tertiary alicyclic amines) is 1. The number of carbonyl (C=O) groups excluding carboxylic acids is 1. The third-order valence-electron chi connectivity index (χ3n) is 8.40. The molecule has 1 aromatic rings. The fourth-order valence-electron chi connectivity index (χ4n) is 7.19. The van der Waals surface area contributed by atoms with Crippen LogP contribution in [0.5, 0.6) is 0 Å². The van der Waals surface area contributed by atoms with Gasteiger partial charge in [0.25, 0.3) is 0 Å². The standard InChI is InChI=1S/C23H27FN2O.H2/c1-14(27)25-21-11-22(20-5-3-17(24)8-18(20)21)6-7-26(13-22)12-15-9-23-10-16(23)2-4-19(15)23;/h2-5,8,15-16,19,21H,6-7,9-13H2,1H3,(H,25,27);1H/t15?,16?,19?,21-,22?,23?;/m0./s1. The molecule has 1 heterocycles. The molecule has 1 aromatic carbocycles. The summed E-state index contributed by atoms with van der Waals surface area (Å²) in [7, 11) is 0. The molecule has 2 spiro atoms. The van der Waals surface area contributed by atoms with E-state index in [1.165, 1.54) is 24.9 Å². The monoisotopic (exact) mass is 368 g/mol. The number of fused-ring (bicyclic) bond motifs is 2. The summed E-state index contributed by atoms with van der Waals surface area (Å²) in [5, 5.41) is 3.06. The Balaban J connectivity index is 0.00000171. The van der Waals surface area contributed by atoms with Crippen LogP contribution in [0.15, 0.2) is 30.4 Å². The molecule has 1 amide bonds. The Morgan fingerprint density at radius 3 is 3.00 bits per heavy atom. The average Bonchev–Trinajstić information content (AvgIpc) is 2.93. The summed E-state index contributed by atoms with van der Waals surface area (Å²) in [5.41, 5.74) is 3.02. The topological polar surface area (TPSA) is 32.3 Å². The van der Waals surface area contributed by atoms with Crippen LogP contribution in [0.1, 0.15) is 51.2 Å². The summed E-state index contributed by atoms with van der Waals surface area (Å²) >= 11 is 0. The number of benzene rings is 1. The highest BCUT2D eigenvalue weighted by atomic mass is 19.1. The Kier molecular flexibility index (Phi) is 3.15. The first-order valence-corrected chi connectivity index (χ1v) is 10.5. The highest BCUT2D eigenvalue weighted by molar-refractivity contribution is 5.74. The SMILES string of the molecule is CC(=O)N[C@H]1CC2(CCN(CC3CC45CC4C=CC35)C2)c2ccc(F)cc21.[HH]. The summed E-state index contributed by atoms with van der Waals surface area (Å²) < 4.78 is 13.9. The van der Waals surface area contributed by atoms with Crippen molar-refractivity contribution in [1.29, 1.82) is 0 Å². The lowest BCUT2D eigenvalue weighted by Crippen LogP contribution is -2.44. The van der Waals surface area contributed by atoms with Crippen LogP contribution in [-0.2, 0) is 10.2 Å². The van der Waals surface area contributed by atoms with Crippen molar-refractivity contribution in [1.82, 2.24) is 10.2 Å². The smallest absolute Gasteiger partial charge is 0.217 e.